The maximum absolute atomic E-state index is 11.8. The molecule has 1 aromatic rings. The van der Waals surface area contributed by atoms with Crippen LogP contribution >= 0.6 is 0 Å². The van der Waals surface area contributed by atoms with E-state index in [1.807, 2.05) is 0 Å². The van der Waals surface area contributed by atoms with Crippen molar-refractivity contribution in [2.75, 3.05) is 18.6 Å². The van der Waals surface area contributed by atoms with Crippen molar-refractivity contribution in [3.8, 4) is 0 Å². The summed E-state index contributed by atoms with van der Waals surface area (Å²) in [5.41, 5.74) is 0.644. The maximum atomic E-state index is 11.8. The Morgan fingerprint density at radius 2 is 2.05 bits per heavy atom. The number of carbonyl (C=O) groups excluding carboxylic acids is 1. The zero-order chi connectivity index (χ0) is 14.7. The lowest BCUT2D eigenvalue weighted by Gasteiger charge is -2.37. The third-order valence-electron chi connectivity index (χ3n) is 3.42. The number of hydrogen-bond acceptors (Lipinski definition) is 6. The number of aliphatic hydroxyl groups is 1. The molecule has 1 N–H and O–H groups in total. The van der Waals surface area contributed by atoms with Gasteiger partial charge in [-0.05, 0) is 25.0 Å². The van der Waals surface area contributed by atoms with Crippen molar-refractivity contribution in [3.05, 3.63) is 34.4 Å². The fourth-order valence-electron chi connectivity index (χ4n) is 2.38. The molecular formula is C13H16N2O5. The van der Waals surface area contributed by atoms with Crippen LogP contribution < -0.4 is 4.90 Å². The van der Waals surface area contributed by atoms with Crippen molar-refractivity contribution < 1.29 is 19.6 Å². The van der Waals surface area contributed by atoms with Crippen molar-refractivity contribution in [1.29, 1.82) is 0 Å². The zero-order valence-electron chi connectivity index (χ0n) is 11.1. The molecule has 0 aliphatic carbocycles. The molecule has 1 saturated heterocycles. The molecule has 108 valence electrons. The van der Waals surface area contributed by atoms with Gasteiger partial charge in [-0.15, -0.1) is 0 Å². The van der Waals surface area contributed by atoms with E-state index in [9.17, 15) is 20.0 Å². The van der Waals surface area contributed by atoms with Crippen LogP contribution in [-0.4, -0.2) is 41.8 Å². The predicted octanol–water partition coefficient (Wildman–Crippen LogP) is 1.10. The summed E-state index contributed by atoms with van der Waals surface area (Å²) in [5.74, 6) is -0.366. The van der Waals surface area contributed by atoms with E-state index in [4.69, 9.17) is 4.74 Å². The van der Waals surface area contributed by atoms with Gasteiger partial charge in [-0.2, -0.15) is 0 Å². The van der Waals surface area contributed by atoms with Gasteiger partial charge in [-0.3, -0.25) is 10.1 Å². The second kappa shape index (κ2) is 5.87. The van der Waals surface area contributed by atoms with Crippen LogP contribution in [0.2, 0.25) is 0 Å². The number of non-ortho nitro benzene ring substituents is 1. The Bertz CT molecular complexity index is 502. The van der Waals surface area contributed by atoms with E-state index in [0.29, 0.717) is 25.1 Å². The van der Waals surface area contributed by atoms with Crippen molar-refractivity contribution in [2.24, 2.45) is 0 Å². The number of benzene rings is 1. The van der Waals surface area contributed by atoms with Crippen molar-refractivity contribution >= 4 is 17.3 Å². The fraction of sp³-hybridized carbons (Fsp3) is 0.462. The van der Waals surface area contributed by atoms with E-state index in [2.05, 4.69) is 0 Å². The minimum Gasteiger partial charge on any atom is -0.467 e. The third kappa shape index (κ3) is 2.88. The first-order chi connectivity index (χ1) is 9.52. The van der Waals surface area contributed by atoms with Gasteiger partial charge in [0, 0.05) is 24.4 Å². The lowest BCUT2D eigenvalue weighted by Crippen LogP contribution is -2.50. The lowest BCUT2D eigenvalue weighted by molar-refractivity contribution is -0.384. The van der Waals surface area contributed by atoms with E-state index in [-0.39, 0.29) is 11.7 Å². The number of hydrogen-bond donors (Lipinski definition) is 1. The molecule has 0 radical (unpaired) electrons. The quantitative estimate of drug-likeness (QED) is 0.506. The first-order valence-electron chi connectivity index (χ1n) is 6.30. The normalized spacial score (nSPS) is 22.4. The summed E-state index contributed by atoms with van der Waals surface area (Å²) in [6, 6.07) is 5.44. The van der Waals surface area contributed by atoms with Crippen LogP contribution in [0.1, 0.15) is 12.8 Å². The highest BCUT2D eigenvalue weighted by Crippen LogP contribution is 2.27. The van der Waals surface area contributed by atoms with E-state index in [1.54, 1.807) is 17.0 Å². The number of esters is 1. The van der Waals surface area contributed by atoms with Crippen molar-refractivity contribution in [1.82, 2.24) is 0 Å². The maximum Gasteiger partial charge on any atom is 0.328 e. The molecule has 2 rings (SSSR count). The molecule has 1 aromatic carbocycles. The molecule has 0 bridgehead atoms. The molecule has 2 atom stereocenters. The Hall–Kier alpha value is -2.15. The smallest absolute Gasteiger partial charge is 0.328 e. The number of nitro benzene ring substituents is 1. The number of methoxy groups -OCH3 is 1. The third-order valence-corrected chi connectivity index (χ3v) is 3.42. The molecule has 0 amide bonds. The molecular weight excluding hydrogens is 264 g/mol. The van der Waals surface area contributed by atoms with Crippen LogP contribution in [0.25, 0.3) is 0 Å². The second-order valence-electron chi connectivity index (χ2n) is 4.70. The summed E-state index contributed by atoms with van der Waals surface area (Å²) in [6.45, 7) is 0.303. The molecule has 0 unspecified atom stereocenters. The Labute approximate surface area is 115 Å². The highest BCUT2D eigenvalue weighted by molar-refractivity contribution is 5.80. The van der Waals surface area contributed by atoms with Crippen LogP contribution in [0.5, 0.6) is 0 Å². The van der Waals surface area contributed by atoms with Crippen molar-refractivity contribution in [2.45, 2.75) is 25.0 Å². The van der Waals surface area contributed by atoms with E-state index in [0.717, 1.165) is 0 Å². The average molecular weight is 280 g/mol. The molecule has 0 spiro atoms. The SMILES string of the molecule is COC(=O)[C@@H]1CC[C@@H](O)CN1c1ccc([N+](=O)[O-])cc1. The molecule has 7 nitrogen and oxygen atoms in total. The number of anilines is 1. The summed E-state index contributed by atoms with van der Waals surface area (Å²) in [5, 5.41) is 20.4. The van der Waals surface area contributed by atoms with E-state index in [1.165, 1.54) is 19.2 Å². The minimum absolute atomic E-state index is 0.0130. The van der Waals surface area contributed by atoms with Gasteiger partial charge in [0.05, 0.1) is 18.1 Å². The molecule has 1 fully saturated rings. The summed E-state index contributed by atoms with van der Waals surface area (Å²) in [7, 11) is 1.32. The average Bonchev–Trinajstić information content (AvgIpc) is 2.46. The highest BCUT2D eigenvalue weighted by atomic mass is 16.6. The number of carbonyl (C=O) groups is 1. The Balaban J connectivity index is 2.25. The molecule has 1 heterocycles. The molecule has 20 heavy (non-hydrogen) atoms. The Morgan fingerprint density at radius 1 is 1.40 bits per heavy atom. The number of nitro groups is 1. The monoisotopic (exact) mass is 280 g/mol. The molecule has 1 aliphatic heterocycles. The van der Waals surface area contributed by atoms with Crippen LogP contribution in [0, 0.1) is 10.1 Å². The topological polar surface area (TPSA) is 92.9 Å². The largest absolute Gasteiger partial charge is 0.467 e. The number of rotatable bonds is 3. The first-order valence-corrected chi connectivity index (χ1v) is 6.30. The molecule has 7 heteroatoms. The zero-order valence-corrected chi connectivity index (χ0v) is 11.1. The second-order valence-corrected chi connectivity index (χ2v) is 4.70. The Kier molecular flexibility index (Phi) is 4.19. The minimum atomic E-state index is -0.522. The summed E-state index contributed by atoms with van der Waals surface area (Å²) >= 11 is 0. The Morgan fingerprint density at radius 3 is 2.60 bits per heavy atom. The van der Waals surface area contributed by atoms with Gasteiger partial charge >= 0.3 is 5.97 Å². The van der Waals surface area contributed by atoms with Gasteiger partial charge in [0.15, 0.2) is 0 Å². The van der Waals surface area contributed by atoms with Gasteiger partial charge in [0.1, 0.15) is 6.04 Å². The molecule has 0 aromatic heterocycles. The number of β-amino-alcohol motifs (C(OH)–C–C–N with tert-alkyl or cyclic N) is 1. The van der Waals surface area contributed by atoms with Gasteiger partial charge in [0.2, 0.25) is 0 Å². The number of aliphatic hydroxyl groups excluding tert-OH is 1. The standard InChI is InChI=1S/C13H16N2O5/c1-20-13(17)12-7-6-11(16)8-14(12)9-2-4-10(5-3-9)15(18)19/h2-5,11-12,16H,6-8H2,1H3/t11-,12+/m1/s1. The van der Waals surface area contributed by atoms with Gasteiger partial charge in [-0.1, -0.05) is 0 Å². The molecule has 1 aliphatic rings. The lowest BCUT2D eigenvalue weighted by atomic mass is 9.99. The van der Waals surface area contributed by atoms with Crippen LogP contribution in [0.15, 0.2) is 24.3 Å². The number of ether oxygens (including phenoxy) is 1. The van der Waals surface area contributed by atoms with E-state index < -0.39 is 17.1 Å². The van der Waals surface area contributed by atoms with Crippen LogP contribution in [0.3, 0.4) is 0 Å². The van der Waals surface area contributed by atoms with Gasteiger partial charge in [-0.25, -0.2) is 4.79 Å². The summed E-state index contributed by atoms with van der Waals surface area (Å²) in [6.07, 6.45) is 0.500. The van der Waals surface area contributed by atoms with Crippen LogP contribution in [0.4, 0.5) is 11.4 Å². The first kappa shape index (κ1) is 14.3. The van der Waals surface area contributed by atoms with Crippen molar-refractivity contribution in [3.63, 3.8) is 0 Å². The summed E-state index contributed by atoms with van der Waals surface area (Å²) < 4.78 is 4.77. The van der Waals surface area contributed by atoms with E-state index >= 15 is 0 Å². The molecule has 0 saturated carbocycles. The van der Waals surface area contributed by atoms with Gasteiger partial charge in [0.25, 0.3) is 5.69 Å². The van der Waals surface area contributed by atoms with Gasteiger partial charge < -0.3 is 14.7 Å². The number of piperidine rings is 1. The number of nitrogens with zero attached hydrogens (tertiary/aromatic N) is 2. The highest BCUT2D eigenvalue weighted by Gasteiger charge is 2.33. The summed E-state index contributed by atoms with van der Waals surface area (Å²) in [4.78, 5) is 23.7. The predicted molar refractivity (Wildman–Crippen MR) is 71.5 cm³/mol. The fourth-order valence-corrected chi connectivity index (χ4v) is 2.38. The van der Waals surface area contributed by atoms with Crippen LogP contribution in [-0.2, 0) is 9.53 Å².